The van der Waals surface area contributed by atoms with Crippen LogP contribution in [0.2, 0.25) is 0 Å². The highest BCUT2D eigenvalue weighted by Crippen LogP contribution is 2.40. The van der Waals surface area contributed by atoms with Gasteiger partial charge in [-0.05, 0) is 200 Å². The van der Waals surface area contributed by atoms with Gasteiger partial charge in [-0.1, -0.05) is 36.4 Å². The molecule has 20 nitrogen and oxygen atoms in total. The fourth-order valence-electron chi connectivity index (χ4n) is 9.34. The summed E-state index contributed by atoms with van der Waals surface area (Å²) in [4.78, 5) is 58.7. The van der Waals surface area contributed by atoms with Gasteiger partial charge >= 0.3 is 25.4 Å². The van der Waals surface area contributed by atoms with Gasteiger partial charge in [0, 0.05) is 86.8 Å². The highest BCUT2D eigenvalue weighted by atomic mass is 127. The van der Waals surface area contributed by atoms with Crippen molar-refractivity contribution in [2.24, 2.45) is 0 Å². The van der Waals surface area contributed by atoms with Crippen LogP contribution in [0.5, 0.6) is 23.5 Å². The number of aromatic nitrogens is 4. The first-order chi connectivity index (χ1) is 40.9. The molecule has 0 spiro atoms. The number of ether oxygens (including phenoxy) is 7. The van der Waals surface area contributed by atoms with Crippen LogP contribution in [0.4, 0.5) is 14.4 Å². The SMILES string of the molecule is CC(C)(C)OC(=O)N1CC=C(B2OC(C)(C)C(C)(C)O2)CC1.COc1cccc(C2=CCN(C(=O)OC(C)(C)C)CC2)n1.COc1cccc(C2CCN(C(=O)OC(C)(C)C)CC2)n1.COc1cccc(C2CCNCC2)n1.COc1cccc(I)n1.Cl. The summed E-state index contributed by atoms with van der Waals surface area (Å²) in [6, 6.07) is 23.2. The Morgan fingerprint density at radius 3 is 1.33 bits per heavy atom. The van der Waals surface area contributed by atoms with Gasteiger partial charge in [-0.25, -0.2) is 34.3 Å². The average Bonchev–Trinajstić information content (AvgIpc) is 3.95. The number of hydrogen-bond acceptors (Lipinski definition) is 17. The molecule has 4 aromatic rings. The van der Waals surface area contributed by atoms with E-state index >= 15 is 0 Å². The Morgan fingerprint density at radius 1 is 0.534 bits per heavy atom. The van der Waals surface area contributed by atoms with Crippen LogP contribution in [0.25, 0.3) is 5.57 Å². The molecule has 3 fully saturated rings. The number of likely N-dealkylation sites (tertiary alicyclic amines) is 1. The number of pyridine rings is 4. The van der Waals surface area contributed by atoms with Crippen molar-refractivity contribution < 1.29 is 56.9 Å². The van der Waals surface area contributed by atoms with Gasteiger partial charge in [-0.2, -0.15) is 0 Å². The Balaban J connectivity index is 0.000000241. The molecule has 9 rings (SSSR count). The van der Waals surface area contributed by atoms with E-state index in [0.29, 0.717) is 68.7 Å². The predicted octanol–water partition coefficient (Wildman–Crippen LogP) is 13.2. The number of carbonyl (C=O) groups excluding carboxylic acids is 3. The summed E-state index contributed by atoms with van der Waals surface area (Å²) < 4.78 is 49.5. The van der Waals surface area contributed by atoms with E-state index in [2.05, 4.69) is 53.9 Å². The normalized spacial score (nSPS) is 17.5. The van der Waals surface area contributed by atoms with Crippen LogP contribution >= 0.6 is 35.0 Å². The minimum Gasteiger partial charge on any atom is -0.481 e. The molecule has 23 heteroatoms. The molecular weight excluding hydrogens is 1260 g/mol. The topological polar surface area (TPSA) is 208 Å². The van der Waals surface area contributed by atoms with E-state index in [1.165, 1.54) is 18.5 Å². The van der Waals surface area contributed by atoms with Crippen molar-refractivity contribution in [3.8, 4) is 23.5 Å². The van der Waals surface area contributed by atoms with Crippen LogP contribution in [0.3, 0.4) is 0 Å². The van der Waals surface area contributed by atoms with Crippen molar-refractivity contribution in [2.45, 2.75) is 168 Å². The van der Waals surface area contributed by atoms with Crippen molar-refractivity contribution in [3.05, 3.63) is 111 Å². The molecule has 0 unspecified atom stereocenters. The van der Waals surface area contributed by atoms with Gasteiger partial charge in [0.2, 0.25) is 23.5 Å². The summed E-state index contributed by atoms with van der Waals surface area (Å²) in [6.07, 6.45) is 8.96. The molecule has 3 saturated heterocycles. The number of hydrogen-bond donors (Lipinski definition) is 1. The molecule has 5 aliphatic rings. The molecule has 0 aliphatic carbocycles. The molecule has 0 saturated carbocycles. The number of piperidine rings is 2. The third-order valence-corrected chi connectivity index (χ3v) is 15.3. The zero-order valence-corrected chi connectivity index (χ0v) is 58.0. The van der Waals surface area contributed by atoms with Crippen molar-refractivity contribution in [1.29, 1.82) is 0 Å². The average molecular weight is 1360 g/mol. The Hall–Kier alpha value is -5.95. The zero-order valence-electron chi connectivity index (χ0n) is 55.0. The molecular formula is C65H97BClIN8O12. The van der Waals surface area contributed by atoms with E-state index < -0.39 is 16.8 Å². The number of methoxy groups -OCH3 is 4. The summed E-state index contributed by atoms with van der Waals surface area (Å²) in [6.45, 7) is 31.0. The van der Waals surface area contributed by atoms with E-state index in [1.807, 2.05) is 169 Å². The second-order valence-electron chi connectivity index (χ2n) is 25.5. The third-order valence-electron chi connectivity index (χ3n) is 14.7. The largest absolute Gasteiger partial charge is 0.490 e. The lowest BCUT2D eigenvalue weighted by molar-refractivity contribution is 0.00578. The quantitative estimate of drug-likeness (QED) is 0.0753. The van der Waals surface area contributed by atoms with Crippen LogP contribution in [0.15, 0.2) is 90.4 Å². The predicted molar refractivity (Wildman–Crippen MR) is 355 cm³/mol. The molecule has 0 bridgehead atoms. The van der Waals surface area contributed by atoms with Gasteiger partial charge in [-0.15, -0.1) is 12.4 Å². The monoisotopic (exact) mass is 1350 g/mol. The first-order valence-electron chi connectivity index (χ1n) is 30.0. The van der Waals surface area contributed by atoms with E-state index in [9.17, 15) is 14.4 Å². The van der Waals surface area contributed by atoms with Gasteiger partial charge < -0.3 is 62.5 Å². The minimum atomic E-state index is -0.465. The highest BCUT2D eigenvalue weighted by Gasteiger charge is 2.52. The Kier molecular flexibility index (Phi) is 29.0. The van der Waals surface area contributed by atoms with E-state index in [0.717, 1.165) is 70.8 Å². The maximum Gasteiger partial charge on any atom is 0.490 e. The summed E-state index contributed by atoms with van der Waals surface area (Å²) >= 11 is 2.14. The fourth-order valence-corrected chi connectivity index (χ4v) is 9.78. The molecule has 4 aromatic heterocycles. The first-order valence-corrected chi connectivity index (χ1v) is 31.1. The van der Waals surface area contributed by atoms with Crippen molar-refractivity contribution in [1.82, 2.24) is 40.0 Å². The molecule has 0 atom stereocenters. The lowest BCUT2D eigenvalue weighted by Crippen LogP contribution is -2.41. The Morgan fingerprint density at radius 2 is 0.932 bits per heavy atom. The molecule has 9 heterocycles. The smallest absolute Gasteiger partial charge is 0.481 e. The van der Waals surface area contributed by atoms with Gasteiger partial charge in [0.15, 0.2) is 0 Å². The number of rotatable bonds is 8. The zero-order chi connectivity index (χ0) is 64.2. The standard InChI is InChI=1S/C16H28BNO4.C16H24N2O3.C16H22N2O3.C11H16N2O.C6H6INO.ClH/c1-14(2,3)20-13(19)18-10-8-12(9-11-18)17-21-15(4,5)16(6,7)22-17;2*1-16(2,3)21-15(19)18-10-8-12(9-11-18)13-6-5-7-14(17-13)20-4;1-14-11-4-2-3-10(13-11)9-5-7-12-8-6-9;1-9-6-4-2-3-5(7)8-6;/h8H,9-11H2,1-7H3;5-7,12H,8-11H2,1-4H3;5-8H,9-11H2,1-4H3;2-4,9,12H,5-8H2,1H3;2-4H,1H3;1H. The molecule has 88 heavy (non-hydrogen) atoms. The first kappa shape index (κ1) is 74.5. The van der Waals surface area contributed by atoms with Gasteiger partial charge in [-0.3, -0.25) is 0 Å². The van der Waals surface area contributed by atoms with Crippen LogP contribution in [-0.2, 0) is 23.5 Å². The lowest BCUT2D eigenvalue weighted by atomic mass is 9.75. The molecule has 1 N–H and O–H groups in total. The van der Waals surface area contributed by atoms with E-state index in [-0.39, 0.29) is 49.0 Å². The van der Waals surface area contributed by atoms with Crippen molar-refractivity contribution in [3.63, 3.8) is 0 Å². The Bertz CT molecular complexity index is 2890. The third kappa shape index (κ3) is 24.8. The molecule has 5 aliphatic heterocycles. The minimum absolute atomic E-state index is 0. The van der Waals surface area contributed by atoms with Crippen LogP contribution in [0, 0.1) is 3.70 Å². The maximum atomic E-state index is 12.1. The second-order valence-corrected chi connectivity index (χ2v) is 26.6. The van der Waals surface area contributed by atoms with Gasteiger partial charge in [0.05, 0.1) is 45.3 Å². The summed E-state index contributed by atoms with van der Waals surface area (Å²) in [7, 11) is 6.18. The van der Waals surface area contributed by atoms with Gasteiger partial charge in [0.25, 0.3) is 0 Å². The number of nitrogens with zero attached hydrogens (tertiary/aromatic N) is 7. The van der Waals surface area contributed by atoms with Crippen molar-refractivity contribution in [2.75, 3.05) is 80.8 Å². The van der Waals surface area contributed by atoms with E-state index in [1.54, 1.807) is 43.1 Å². The molecule has 486 valence electrons. The number of halogens is 2. The molecule has 0 aromatic carbocycles. The summed E-state index contributed by atoms with van der Waals surface area (Å²) in [5.74, 6) is 3.61. The fraction of sp³-hybridized carbons (Fsp3) is 0.585. The highest BCUT2D eigenvalue weighted by molar-refractivity contribution is 14.1. The lowest BCUT2D eigenvalue weighted by Gasteiger charge is -2.33. The molecule has 3 amide bonds. The number of amides is 3. The van der Waals surface area contributed by atoms with Crippen LogP contribution in [-0.4, -0.2) is 169 Å². The number of carbonyl (C=O) groups is 3. The number of nitrogens with one attached hydrogen (secondary N) is 1. The van der Waals surface area contributed by atoms with Crippen LogP contribution < -0.4 is 24.3 Å². The second kappa shape index (κ2) is 34.3. The van der Waals surface area contributed by atoms with Crippen molar-refractivity contribution >= 4 is 66.0 Å². The summed E-state index contributed by atoms with van der Waals surface area (Å²) in [5, 5.41) is 3.35. The van der Waals surface area contributed by atoms with E-state index in [4.69, 9.17) is 42.5 Å². The summed E-state index contributed by atoms with van der Waals surface area (Å²) in [5.41, 5.74) is 3.32. The maximum absolute atomic E-state index is 12.1. The Labute approximate surface area is 543 Å². The van der Waals surface area contributed by atoms with Gasteiger partial charge in [0.1, 0.15) is 20.5 Å². The molecule has 0 radical (unpaired) electrons. The van der Waals surface area contributed by atoms with Crippen LogP contribution in [0.1, 0.15) is 157 Å².